The van der Waals surface area contributed by atoms with Crippen LogP contribution in [0.5, 0.6) is 0 Å². The van der Waals surface area contributed by atoms with Crippen molar-refractivity contribution in [1.29, 1.82) is 0 Å². The average molecular weight is 447 g/mol. The normalized spacial score (nSPS) is 10.9. The number of aromatic nitrogens is 2. The van der Waals surface area contributed by atoms with Crippen molar-refractivity contribution in [3.63, 3.8) is 0 Å². The SMILES string of the molecule is CC(C)c1ccc(Nc2nnc(SCC(=O)NCCc3ccc(Cl)cc3)s2)cc1. The molecule has 2 aromatic carbocycles. The Hall–Kier alpha value is -2.09. The minimum atomic E-state index is -0.0158. The third-order valence-electron chi connectivity index (χ3n) is 4.21. The van der Waals surface area contributed by atoms with E-state index in [0.29, 0.717) is 28.4 Å². The van der Waals surface area contributed by atoms with Gasteiger partial charge >= 0.3 is 0 Å². The van der Waals surface area contributed by atoms with Gasteiger partial charge in [0.15, 0.2) is 4.34 Å². The molecule has 1 aromatic heterocycles. The van der Waals surface area contributed by atoms with E-state index in [0.717, 1.165) is 22.0 Å². The summed E-state index contributed by atoms with van der Waals surface area (Å²) in [7, 11) is 0. The van der Waals surface area contributed by atoms with Gasteiger partial charge in [-0.05, 0) is 47.7 Å². The highest BCUT2D eigenvalue weighted by atomic mass is 35.5. The molecule has 152 valence electrons. The van der Waals surface area contributed by atoms with Crippen molar-refractivity contribution in [3.8, 4) is 0 Å². The van der Waals surface area contributed by atoms with Crippen LogP contribution in [-0.4, -0.2) is 28.4 Å². The zero-order valence-electron chi connectivity index (χ0n) is 16.3. The summed E-state index contributed by atoms with van der Waals surface area (Å²) in [5, 5.41) is 15.9. The number of benzene rings is 2. The van der Waals surface area contributed by atoms with Gasteiger partial charge < -0.3 is 10.6 Å². The van der Waals surface area contributed by atoms with Crippen LogP contribution < -0.4 is 10.6 Å². The van der Waals surface area contributed by atoms with E-state index in [-0.39, 0.29) is 5.91 Å². The van der Waals surface area contributed by atoms with Gasteiger partial charge in [-0.1, -0.05) is 72.8 Å². The van der Waals surface area contributed by atoms with Crippen LogP contribution >= 0.6 is 34.7 Å². The van der Waals surface area contributed by atoms with E-state index in [4.69, 9.17) is 11.6 Å². The lowest BCUT2D eigenvalue weighted by Gasteiger charge is -2.06. The monoisotopic (exact) mass is 446 g/mol. The first-order chi connectivity index (χ1) is 14.0. The Morgan fingerprint density at radius 2 is 1.83 bits per heavy atom. The smallest absolute Gasteiger partial charge is 0.230 e. The molecule has 0 saturated heterocycles. The number of carbonyl (C=O) groups excluding carboxylic acids is 1. The van der Waals surface area contributed by atoms with E-state index in [2.05, 4.69) is 46.8 Å². The highest BCUT2D eigenvalue weighted by molar-refractivity contribution is 8.01. The van der Waals surface area contributed by atoms with Gasteiger partial charge in [0.05, 0.1) is 5.75 Å². The molecule has 29 heavy (non-hydrogen) atoms. The van der Waals surface area contributed by atoms with Gasteiger partial charge in [-0.3, -0.25) is 4.79 Å². The number of carbonyl (C=O) groups is 1. The minimum absolute atomic E-state index is 0.0158. The second kappa shape index (κ2) is 10.6. The van der Waals surface area contributed by atoms with E-state index in [9.17, 15) is 4.79 Å². The molecule has 0 aliphatic heterocycles. The van der Waals surface area contributed by atoms with E-state index in [1.54, 1.807) is 0 Å². The van der Waals surface area contributed by atoms with Gasteiger partial charge in [0, 0.05) is 17.3 Å². The first-order valence-electron chi connectivity index (χ1n) is 9.34. The maximum Gasteiger partial charge on any atom is 0.230 e. The molecule has 0 bridgehead atoms. The van der Waals surface area contributed by atoms with E-state index in [1.165, 1.54) is 28.7 Å². The Morgan fingerprint density at radius 1 is 1.10 bits per heavy atom. The maximum absolute atomic E-state index is 12.0. The second-order valence-electron chi connectivity index (χ2n) is 6.79. The molecule has 1 amide bonds. The van der Waals surface area contributed by atoms with Crippen LogP contribution in [0.25, 0.3) is 0 Å². The van der Waals surface area contributed by atoms with Crippen LogP contribution in [0.2, 0.25) is 5.02 Å². The van der Waals surface area contributed by atoms with Crippen LogP contribution in [0.3, 0.4) is 0 Å². The van der Waals surface area contributed by atoms with Gasteiger partial charge in [0.2, 0.25) is 11.0 Å². The Kier molecular flexibility index (Phi) is 7.91. The number of halogens is 1. The summed E-state index contributed by atoms with van der Waals surface area (Å²) in [6.45, 7) is 4.94. The molecule has 0 atom stereocenters. The van der Waals surface area contributed by atoms with Crippen LogP contribution in [0, 0.1) is 0 Å². The number of thioether (sulfide) groups is 1. The molecule has 0 aliphatic carbocycles. The summed E-state index contributed by atoms with van der Waals surface area (Å²) in [6.07, 6.45) is 0.774. The summed E-state index contributed by atoms with van der Waals surface area (Å²) in [5.41, 5.74) is 3.41. The first-order valence-corrected chi connectivity index (χ1v) is 11.5. The molecule has 3 rings (SSSR count). The van der Waals surface area contributed by atoms with Crippen molar-refractivity contribution in [2.45, 2.75) is 30.5 Å². The fraction of sp³-hybridized carbons (Fsp3) is 0.286. The first kappa shape index (κ1) is 21.6. The van der Waals surface area contributed by atoms with Gasteiger partial charge in [0.1, 0.15) is 0 Å². The number of anilines is 2. The Balaban J connectivity index is 1.40. The zero-order valence-corrected chi connectivity index (χ0v) is 18.7. The van der Waals surface area contributed by atoms with Crippen molar-refractivity contribution in [2.75, 3.05) is 17.6 Å². The number of nitrogens with one attached hydrogen (secondary N) is 2. The predicted octanol–water partition coefficient (Wildman–Crippen LogP) is 5.51. The summed E-state index contributed by atoms with van der Waals surface area (Å²) in [6, 6.07) is 15.9. The Labute approximate surface area is 184 Å². The fourth-order valence-electron chi connectivity index (χ4n) is 2.57. The van der Waals surface area contributed by atoms with Crippen molar-refractivity contribution >= 4 is 51.4 Å². The third-order valence-corrected chi connectivity index (χ3v) is 6.43. The zero-order chi connectivity index (χ0) is 20.6. The fourth-order valence-corrected chi connectivity index (χ4v) is 4.30. The standard InChI is InChI=1S/C21H23ClN4OS2/c1-14(2)16-5-9-18(10-6-16)24-20-25-26-21(29-20)28-13-19(27)23-12-11-15-3-7-17(22)8-4-15/h3-10,14H,11-13H2,1-2H3,(H,23,27)(H,24,25). The quantitative estimate of drug-likeness (QED) is 0.424. The van der Waals surface area contributed by atoms with Crippen molar-refractivity contribution in [2.24, 2.45) is 0 Å². The molecule has 0 aliphatic rings. The van der Waals surface area contributed by atoms with Crippen LogP contribution in [0.1, 0.15) is 30.9 Å². The number of hydrogen-bond acceptors (Lipinski definition) is 6. The molecule has 0 saturated carbocycles. The highest BCUT2D eigenvalue weighted by Crippen LogP contribution is 2.28. The molecule has 1 heterocycles. The second-order valence-corrected chi connectivity index (χ2v) is 9.43. The predicted molar refractivity (Wildman–Crippen MR) is 123 cm³/mol. The molecule has 2 N–H and O–H groups in total. The van der Waals surface area contributed by atoms with Crippen molar-refractivity contribution < 1.29 is 4.79 Å². The lowest BCUT2D eigenvalue weighted by Crippen LogP contribution is -2.27. The summed E-state index contributed by atoms with van der Waals surface area (Å²) >= 11 is 8.70. The third kappa shape index (κ3) is 7.03. The molecular weight excluding hydrogens is 424 g/mol. The van der Waals surface area contributed by atoms with E-state index >= 15 is 0 Å². The van der Waals surface area contributed by atoms with Crippen LogP contribution in [0.15, 0.2) is 52.9 Å². The van der Waals surface area contributed by atoms with Crippen molar-refractivity contribution in [3.05, 3.63) is 64.7 Å². The summed E-state index contributed by atoms with van der Waals surface area (Å²) in [4.78, 5) is 12.0. The lowest BCUT2D eigenvalue weighted by molar-refractivity contribution is -0.118. The highest BCUT2D eigenvalue weighted by Gasteiger charge is 2.09. The minimum Gasteiger partial charge on any atom is -0.355 e. The van der Waals surface area contributed by atoms with Gasteiger partial charge in [-0.15, -0.1) is 10.2 Å². The van der Waals surface area contributed by atoms with Crippen molar-refractivity contribution in [1.82, 2.24) is 15.5 Å². The van der Waals surface area contributed by atoms with Gasteiger partial charge in [-0.2, -0.15) is 0 Å². The Morgan fingerprint density at radius 3 is 2.52 bits per heavy atom. The molecule has 5 nitrogen and oxygen atoms in total. The number of rotatable bonds is 9. The van der Waals surface area contributed by atoms with E-state index in [1.807, 2.05) is 36.4 Å². The molecule has 8 heteroatoms. The van der Waals surface area contributed by atoms with Gasteiger partial charge in [-0.25, -0.2) is 0 Å². The summed E-state index contributed by atoms with van der Waals surface area (Å²) in [5.74, 6) is 0.807. The Bertz CT molecular complexity index is 927. The van der Waals surface area contributed by atoms with E-state index < -0.39 is 0 Å². The molecule has 0 fully saturated rings. The van der Waals surface area contributed by atoms with Crippen LogP contribution in [-0.2, 0) is 11.2 Å². The molecule has 0 radical (unpaired) electrons. The number of nitrogens with zero attached hydrogens (tertiary/aromatic N) is 2. The molecular formula is C21H23ClN4OS2. The maximum atomic E-state index is 12.0. The molecule has 3 aromatic rings. The topological polar surface area (TPSA) is 66.9 Å². The summed E-state index contributed by atoms with van der Waals surface area (Å²) < 4.78 is 0.763. The average Bonchev–Trinajstić information content (AvgIpc) is 3.16. The van der Waals surface area contributed by atoms with Gasteiger partial charge in [0.25, 0.3) is 0 Å². The largest absolute Gasteiger partial charge is 0.355 e. The number of amides is 1. The number of hydrogen-bond donors (Lipinski definition) is 2. The molecule has 0 spiro atoms. The lowest BCUT2D eigenvalue weighted by atomic mass is 10.0. The van der Waals surface area contributed by atoms with Crippen LogP contribution in [0.4, 0.5) is 10.8 Å². The molecule has 0 unspecified atom stereocenters.